The van der Waals surface area contributed by atoms with Gasteiger partial charge in [0.25, 0.3) is 0 Å². The average Bonchev–Trinajstić information content (AvgIpc) is 2.92. The highest BCUT2D eigenvalue weighted by Crippen LogP contribution is 2.51. The first-order valence-electron chi connectivity index (χ1n) is 16.6. The fourth-order valence-electron chi connectivity index (χ4n) is 6.79. The van der Waals surface area contributed by atoms with E-state index in [4.69, 9.17) is 0 Å². The summed E-state index contributed by atoms with van der Waals surface area (Å²) in [7, 11) is 0. The van der Waals surface area contributed by atoms with Gasteiger partial charge in [0.15, 0.2) is 0 Å². The lowest BCUT2D eigenvalue weighted by atomic mass is 9.72. The molecule has 0 amide bonds. The van der Waals surface area contributed by atoms with Crippen molar-refractivity contribution in [2.24, 2.45) is 10.8 Å². The zero-order valence-corrected chi connectivity index (χ0v) is 32.6. The fourth-order valence-corrected chi connectivity index (χ4v) is 9.27. The number of benzene rings is 4. The summed E-state index contributed by atoms with van der Waals surface area (Å²) in [6.45, 7) is 26.2. The smallest absolute Gasteiger partial charge is 0.129 e. The molecule has 0 saturated heterocycles. The van der Waals surface area contributed by atoms with Crippen molar-refractivity contribution in [2.45, 2.75) is 126 Å². The summed E-state index contributed by atoms with van der Waals surface area (Å²) in [4.78, 5) is 3.83. The van der Waals surface area contributed by atoms with Crippen molar-refractivity contribution in [1.29, 1.82) is 0 Å². The third-order valence-corrected chi connectivity index (χ3v) is 10.4. The molecule has 4 rings (SSSR count). The van der Waals surface area contributed by atoms with Gasteiger partial charge in [-0.15, -0.1) is 0 Å². The normalized spacial score (nSPS) is 12.4. The van der Waals surface area contributed by atoms with E-state index in [2.05, 4.69) is 81.4 Å². The Morgan fingerprint density at radius 1 is 0.458 bits per heavy atom. The Hall–Kier alpha value is -3.22. The molecule has 0 aliphatic heterocycles. The van der Waals surface area contributed by atoms with E-state index >= 15 is 0 Å². The third kappa shape index (κ3) is 10.9. The van der Waals surface area contributed by atoms with Gasteiger partial charge in [-0.1, -0.05) is 117 Å². The van der Waals surface area contributed by atoms with Crippen LogP contribution >= 0.6 is 23.5 Å². The van der Waals surface area contributed by atoms with Crippen LogP contribution in [0.4, 0.5) is 0 Å². The van der Waals surface area contributed by atoms with E-state index in [9.17, 15) is 20.4 Å². The quantitative estimate of drug-likeness (QED) is 0.148. The molecule has 0 bridgehead atoms. The van der Waals surface area contributed by atoms with Crippen molar-refractivity contribution in [3.63, 3.8) is 0 Å². The maximum absolute atomic E-state index is 10.9. The van der Waals surface area contributed by atoms with Gasteiger partial charge in [-0.2, -0.15) is 0 Å². The van der Waals surface area contributed by atoms with Gasteiger partial charge >= 0.3 is 0 Å². The molecule has 0 radical (unpaired) electrons. The Bertz CT molecular complexity index is 1580. The van der Waals surface area contributed by atoms with Crippen molar-refractivity contribution < 1.29 is 20.4 Å². The molecule has 4 aromatic rings. The Labute approximate surface area is 298 Å². The van der Waals surface area contributed by atoms with E-state index in [0.717, 1.165) is 54.7 Å². The predicted molar refractivity (Wildman–Crippen MR) is 204 cm³/mol. The van der Waals surface area contributed by atoms with Gasteiger partial charge in [-0.3, -0.25) is 0 Å². The molecule has 0 fully saturated rings. The van der Waals surface area contributed by atoms with E-state index in [0.29, 0.717) is 11.5 Å². The highest BCUT2D eigenvalue weighted by molar-refractivity contribution is 7.99. The minimum atomic E-state index is -0.120. The fraction of sp³-hybridized carbons (Fsp3) is 0.429. The van der Waals surface area contributed by atoms with Crippen LogP contribution in [0.5, 0.6) is 23.0 Å². The number of hydrogen-bond acceptors (Lipinski definition) is 6. The first kappa shape index (κ1) is 39.2. The largest absolute Gasteiger partial charge is 0.508 e. The van der Waals surface area contributed by atoms with Gasteiger partial charge in [0.05, 0.1) is 9.79 Å². The van der Waals surface area contributed by atoms with Gasteiger partial charge in [0.2, 0.25) is 0 Å². The SMILES string of the molecule is CC(C)(C)CC(C)(C)c1cccc(O)c1Sc1c(O)cccc1C(C)(C)CC(C)(C)C.Cc1cc(Sc2ccc(O)c(C)c2)ccc1O. The average molecular weight is 689 g/mol. The predicted octanol–water partition coefficient (Wildman–Crippen LogP) is 12.5. The summed E-state index contributed by atoms with van der Waals surface area (Å²) in [5, 5.41) is 40.7. The topological polar surface area (TPSA) is 80.9 Å². The number of aromatic hydroxyl groups is 4. The highest BCUT2D eigenvalue weighted by Gasteiger charge is 2.33. The van der Waals surface area contributed by atoms with E-state index in [1.807, 2.05) is 50.2 Å². The molecular formula is C42H56O4S2. The molecule has 0 aliphatic rings. The lowest BCUT2D eigenvalue weighted by Gasteiger charge is -2.36. The van der Waals surface area contributed by atoms with Crippen molar-refractivity contribution in [1.82, 2.24) is 0 Å². The number of hydrogen-bond donors (Lipinski definition) is 4. The molecule has 0 saturated carbocycles. The second-order valence-electron chi connectivity index (χ2n) is 16.7. The Balaban J connectivity index is 0.000000308. The molecule has 0 aromatic heterocycles. The molecule has 48 heavy (non-hydrogen) atoms. The second kappa shape index (κ2) is 15.1. The van der Waals surface area contributed by atoms with E-state index in [-0.39, 0.29) is 33.2 Å². The summed E-state index contributed by atoms with van der Waals surface area (Å²) < 4.78 is 0. The van der Waals surface area contributed by atoms with Crippen LogP contribution in [0.25, 0.3) is 0 Å². The van der Waals surface area contributed by atoms with Crippen LogP contribution in [0, 0.1) is 24.7 Å². The molecule has 0 unspecified atom stereocenters. The van der Waals surface area contributed by atoms with Crippen LogP contribution in [0.15, 0.2) is 92.4 Å². The molecule has 0 atom stereocenters. The molecular weight excluding hydrogens is 633 g/mol. The van der Waals surface area contributed by atoms with Crippen molar-refractivity contribution in [2.75, 3.05) is 0 Å². The monoisotopic (exact) mass is 688 g/mol. The Kier molecular flexibility index (Phi) is 12.4. The third-order valence-electron chi connectivity index (χ3n) is 8.17. The zero-order chi connectivity index (χ0) is 36.2. The van der Waals surface area contributed by atoms with Gasteiger partial charge in [0, 0.05) is 9.79 Å². The molecule has 6 heteroatoms. The van der Waals surface area contributed by atoms with Crippen LogP contribution < -0.4 is 0 Å². The second-order valence-corrected chi connectivity index (χ2v) is 18.8. The molecule has 4 aromatic carbocycles. The highest BCUT2D eigenvalue weighted by atomic mass is 32.2. The maximum atomic E-state index is 10.9. The molecule has 260 valence electrons. The minimum Gasteiger partial charge on any atom is -0.508 e. The van der Waals surface area contributed by atoms with Crippen LogP contribution in [0.3, 0.4) is 0 Å². The summed E-state index contributed by atoms with van der Waals surface area (Å²) in [5.74, 6) is 1.17. The summed E-state index contributed by atoms with van der Waals surface area (Å²) in [5.41, 5.74) is 4.05. The molecule has 4 nitrogen and oxygen atoms in total. The van der Waals surface area contributed by atoms with Crippen LogP contribution in [0.2, 0.25) is 0 Å². The van der Waals surface area contributed by atoms with Gasteiger partial charge in [-0.25, -0.2) is 0 Å². The van der Waals surface area contributed by atoms with Crippen molar-refractivity contribution >= 4 is 23.5 Å². The van der Waals surface area contributed by atoms with E-state index < -0.39 is 0 Å². The standard InChI is InChI=1S/C28H42O2S.C14H14O2S/c1-25(2,3)17-27(7,8)19-13-11-15-21(29)23(19)31-24-20(14-12-16-22(24)30)28(9,10)18-26(4,5)6;1-9-7-11(3-5-13(9)15)17-12-4-6-14(16)10(2)8-12/h11-16,29-30H,17-18H2,1-10H3;3-8,15-16H,1-2H3. The van der Waals surface area contributed by atoms with Crippen molar-refractivity contribution in [3.8, 4) is 23.0 Å². The molecule has 0 heterocycles. The summed E-state index contributed by atoms with van der Waals surface area (Å²) in [6, 6.07) is 22.6. The van der Waals surface area contributed by atoms with E-state index in [1.165, 1.54) is 11.8 Å². The van der Waals surface area contributed by atoms with Gasteiger partial charge in [0.1, 0.15) is 23.0 Å². The number of phenolic OH excluding ortho intramolecular Hbond substituents is 4. The molecule has 4 N–H and O–H groups in total. The van der Waals surface area contributed by atoms with Crippen LogP contribution in [0.1, 0.15) is 104 Å². The summed E-state index contributed by atoms with van der Waals surface area (Å²) in [6.07, 6.45) is 1.97. The van der Waals surface area contributed by atoms with Gasteiger partial charge < -0.3 is 20.4 Å². The van der Waals surface area contributed by atoms with Crippen LogP contribution in [-0.4, -0.2) is 20.4 Å². The maximum Gasteiger partial charge on any atom is 0.129 e. The van der Waals surface area contributed by atoms with Crippen molar-refractivity contribution in [3.05, 3.63) is 95.1 Å². The lowest BCUT2D eigenvalue weighted by Crippen LogP contribution is -2.26. The first-order chi connectivity index (χ1) is 22.0. The zero-order valence-electron chi connectivity index (χ0n) is 30.9. The number of rotatable bonds is 8. The van der Waals surface area contributed by atoms with Crippen LogP contribution in [-0.2, 0) is 10.8 Å². The van der Waals surface area contributed by atoms with Gasteiger partial charge in [-0.05, 0) is 119 Å². The Morgan fingerprint density at radius 2 is 0.812 bits per heavy atom. The summed E-state index contributed by atoms with van der Waals surface area (Å²) >= 11 is 3.11. The lowest BCUT2D eigenvalue weighted by molar-refractivity contribution is 0.280. The molecule has 0 spiro atoms. The number of aryl methyl sites for hydroxylation is 2. The minimum absolute atomic E-state index is 0.120. The van der Waals surface area contributed by atoms with E-state index in [1.54, 1.807) is 36.0 Å². The molecule has 0 aliphatic carbocycles. The first-order valence-corrected chi connectivity index (χ1v) is 18.2. The number of phenols is 4. The Morgan fingerprint density at radius 3 is 1.12 bits per heavy atom.